The number of rotatable bonds is 6. The SMILES string of the molecule is CCCC(C)NC(C)C(=O)N(C)CC. The maximum absolute atomic E-state index is 11.7. The number of hydrogen-bond acceptors (Lipinski definition) is 2. The van der Waals surface area contributed by atoms with E-state index in [1.807, 2.05) is 20.9 Å². The number of nitrogens with zero attached hydrogens (tertiary/aromatic N) is 1. The van der Waals surface area contributed by atoms with E-state index in [4.69, 9.17) is 0 Å². The predicted molar refractivity (Wildman–Crippen MR) is 60.3 cm³/mol. The Bertz CT molecular complexity index is 171. The van der Waals surface area contributed by atoms with E-state index in [1.165, 1.54) is 0 Å². The Morgan fingerprint density at radius 2 is 1.93 bits per heavy atom. The second kappa shape index (κ2) is 6.82. The number of carbonyl (C=O) groups is 1. The van der Waals surface area contributed by atoms with Crippen LogP contribution in [0, 0.1) is 0 Å². The minimum Gasteiger partial charge on any atom is -0.345 e. The van der Waals surface area contributed by atoms with Gasteiger partial charge in [-0.2, -0.15) is 0 Å². The molecule has 0 aliphatic heterocycles. The van der Waals surface area contributed by atoms with Crippen LogP contribution < -0.4 is 5.32 Å². The normalized spacial score (nSPS) is 14.9. The van der Waals surface area contributed by atoms with Gasteiger partial charge in [-0.3, -0.25) is 4.79 Å². The van der Waals surface area contributed by atoms with Crippen LogP contribution in [0.3, 0.4) is 0 Å². The summed E-state index contributed by atoms with van der Waals surface area (Å²) < 4.78 is 0. The minimum atomic E-state index is -0.0681. The lowest BCUT2D eigenvalue weighted by molar-refractivity contribution is -0.131. The number of likely N-dealkylation sites (N-methyl/N-ethyl adjacent to an activating group) is 1. The van der Waals surface area contributed by atoms with Crippen molar-refractivity contribution in [3.8, 4) is 0 Å². The molecule has 0 saturated heterocycles. The summed E-state index contributed by atoms with van der Waals surface area (Å²) in [5.74, 6) is 0.176. The molecule has 3 nitrogen and oxygen atoms in total. The fourth-order valence-corrected chi connectivity index (χ4v) is 1.50. The van der Waals surface area contributed by atoms with Gasteiger partial charge in [0.15, 0.2) is 0 Å². The van der Waals surface area contributed by atoms with E-state index in [-0.39, 0.29) is 11.9 Å². The Morgan fingerprint density at radius 1 is 1.36 bits per heavy atom. The zero-order valence-electron chi connectivity index (χ0n) is 10.1. The fraction of sp³-hybridized carbons (Fsp3) is 0.909. The van der Waals surface area contributed by atoms with Gasteiger partial charge in [0.05, 0.1) is 6.04 Å². The van der Waals surface area contributed by atoms with Gasteiger partial charge in [0.1, 0.15) is 0 Å². The van der Waals surface area contributed by atoms with Gasteiger partial charge in [-0.05, 0) is 27.2 Å². The summed E-state index contributed by atoms with van der Waals surface area (Å²) >= 11 is 0. The van der Waals surface area contributed by atoms with Crippen molar-refractivity contribution >= 4 is 5.91 Å². The number of hydrogen-bond donors (Lipinski definition) is 1. The van der Waals surface area contributed by atoms with Crippen molar-refractivity contribution in [2.75, 3.05) is 13.6 Å². The molecular formula is C11H24N2O. The quantitative estimate of drug-likeness (QED) is 0.707. The van der Waals surface area contributed by atoms with Crippen LogP contribution in [-0.2, 0) is 4.79 Å². The first kappa shape index (κ1) is 13.4. The molecule has 0 heterocycles. The fourth-order valence-electron chi connectivity index (χ4n) is 1.50. The summed E-state index contributed by atoms with van der Waals surface area (Å²) in [7, 11) is 1.84. The van der Waals surface area contributed by atoms with Crippen molar-refractivity contribution < 1.29 is 4.79 Å². The molecule has 0 bridgehead atoms. The molecule has 2 atom stereocenters. The Morgan fingerprint density at radius 3 is 2.36 bits per heavy atom. The van der Waals surface area contributed by atoms with Crippen molar-refractivity contribution in [3.63, 3.8) is 0 Å². The molecule has 2 unspecified atom stereocenters. The third kappa shape index (κ3) is 4.61. The molecule has 0 fully saturated rings. The number of amides is 1. The van der Waals surface area contributed by atoms with Crippen molar-refractivity contribution in [3.05, 3.63) is 0 Å². The van der Waals surface area contributed by atoms with E-state index >= 15 is 0 Å². The molecule has 0 aromatic heterocycles. The first-order valence-corrected chi connectivity index (χ1v) is 5.53. The van der Waals surface area contributed by atoms with Crippen LogP contribution in [-0.4, -0.2) is 36.5 Å². The molecule has 0 radical (unpaired) electrons. The maximum atomic E-state index is 11.7. The van der Waals surface area contributed by atoms with Crippen LogP contribution >= 0.6 is 0 Å². The van der Waals surface area contributed by atoms with E-state index in [2.05, 4.69) is 19.2 Å². The van der Waals surface area contributed by atoms with Crippen LogP contribution in [0.4, 0.5) is 0 Å². The predicted octanol–water partition coefficient (Wildman–Crippen LogP) is 1.63. The molecule has 0 rings (SSSR count). The largest absolute Gasteiger partial charge is 0.345 e. The topological polar surface area (TPSA) is 32.3 Å². The molecule has 0 spiro atoms. The first-order valence-electron chi connectivity index (χ1n) is 5.53. The third-order valence-corrected chi connectivity index (χ3v) is 2.48. The smallest absolute Gasteiger partial charge is 0.239 e. The highest BCUT2D eigenvalue weighted by Crippen LogP contribution is 1.99. The Hall–Kier alpha value is -0.570. The second-order valence-corrected chi connectivity index (χ2v) is 3.93. The van der Waals surface area contributed by atoms with Crippen molar-refractivity contribution in [1.29, 1.82) is 0 Å². The van der Waals surface area contributed by atoms with Crippen molar-refractivity contribution in [2.24, 2.45) is 0 Å². The zero-order valence-corrected chi connectivity index (χ0v) is 10.1. The Balaban J connectivity index is 3.94. The Labute approximate surface area is 87.9 Å². The monoisotopic (exact) mass is 200 g/mol. The number of carbonyl (C=O) groups excluding carboxylic acids is 1. The molecule has 84 valence electrons. The molecule has 1 amide bonds. The van der Waals surface area contributed by atoms with Gasteiger partial charge in [-0.1, -0.05) is 13.3 Å². The van der Waals surface area contributed by atoms with Gasteiger partial charge < -0.3 is 10.2 Å². The molecule has 0 aliphatic carbocycles. The van der Waals surface area contributed by atoms with Crippen LogP contribution in [0.25, 0.3) is 0 Å². The molecule has 14 heavy (non-hydrogen) atoms. The summed E-state index contributed by atoms with van der Waals surface area (Å²) in [5, 5.41) is 3.30. The zero-order chi connectivity index (χ0) is 11.1. The second-order valence-electron chi connectivity index (χ2n) is 3.93. The van der Waals surface area contributed by atoms with Gasteiger partial charge in [-0.15, -0.1) is 0 Å². The average molecular weight is 200 g/mol. The molecular weight excluding hydrogens is 176 g/mol. The highest BCUT2D eigenvalue weighted by molar-refractivity contribution is 5.81. The van der Waals surface area contributed by atoms with Crippen LogP contribution in [0.15, 0.2) is 0 Å². The van der Waals surface area contributed by atoms with E-state index in [1.54, 1.807) is 4.90 Å². The lowest BCUT2D eigenvalue weighted by Crippen LogP contribution is -2.46. The minimum absolute atomic E-state index is 0.0681. The highest BCUT2D eigenvalue weighted by Gasteiger charge is 2.17. The van der Waals surface area contributed by atoms with E-state index in [0.29, 0.717) is 6.04 Å². The number of nitrogens with one attached hydrogen (secondary N) is 1. The summed E-state index contributed by atoms with van der Waals surface area (Å²) in [4.78, 5) is 13.4. The summed E-state index contributed by atoms with van der Waals surface area (Å²) in [5.41, 5.74) is 0. The molecule has 0 aromatic rings. The van der Waals surface area contributed by atoms with Crippen molar-refractivity contribution in [1.82, 2.24) is 10.2 Å². The van der Waals surface area contributed by atoms with E-state index in [0.717, 1.165) is 19.4 Å². The summed E-state index contributed by atoms with van der Waals surface area (Å²) in [6.45, 7) is 8.97. The molecule has 0 aromatic carbocycles. The first-order chi connectivity index (χ1) is 6.52. The molecule has 0 saturated carbocycles. The summed E-state index contributed by atoms with van der Waals surface area (Å²) in [6.07, 6.45) is 2.27. The highest BCUT2D eigenvalue weighted by atomic mass is 16.2. The van der Waals surface area contributed by atoms with Gasteiger partial charge in [0, 0.05) is 19.6 Å². The van der Waals surface area contributed by atoms with Gasteiger partial charge in [0.25, 0.3) is 0 Å². The lowest BCUT2D eigenvalue weighted by atomic mass is 10.1. The Kier molecular flexibility index (Phi) is 6.54. The maximum Gasteiger partial charge on any atom is 0.239 e. The van der Waals surface area contributed by atoms with Gasteiger partial charge in [-0.25, -0.2) is 0 Å². The summed E-state index contributed by atoms with van der Waals surface area (Å²) in [6, 6.07) is 0.353. The standard InChI is InChI=1S/C11H24N2O/c1-6-8-9(3)12-10(4)11(14)13(5)7-2/h9-10,12H,6-8H2,1-5H3. The third-order valence-electron chi connectivity index (χ3n) is 2.48. The molecule has 0 aliphatic rings. The van der Waals surface area contributed by atoms with Crippen LogP contribution in [0.2, 0.25) is 0 Å². The van der Waals surface area contributed by atoms with Crippen LogP contribution in [0.1, 0.15) is 40.5 Å². The lowest BCUT2D eigenvalue weighted by Gasteiger charge is -2.23. The van der Waals surface area contributed by atoms with E-state index < -0.39 is 0 Å². The average Bonchev–Trinajstić information content (AvgIpc) is 2.15. The van der Waals surface area contributed by atoms with E-state index in [9.17, 15) is 4.79 Å². The van der Waals surface area contributed by atoms with Gasteiger partial charge >= 0.3 is 0 Å². The molecule has 1 N–H and O–H groups in total. The van der Waals surface area contributed by atoms with Crippen LogP contribution in [0.5, 0.6) is 0 Å². The molecule has 3 heteroatoms. The van der Waals surface area contributed by atoms with Crippen molar-refractivity contribution in [2.45, 2.75) is 52.6 Å². The van der Waals surface area contributed by atoms with Gasteiger partial charge in [0.2, 0.25) is 5.91 Å².